The van der Waals surface area contributed by atoms with Crippen LogP contribution in [-0.4, -0.2) is 46.7 Å². The highest BCUT2D eigenvalue weighted by Gasteiger charge is 2.16. The van der Waals surface area contributed by atoms with Crippen molar-refractivity contribution < 1.29 is 14.3 Å². The summed E-state index contributed by atoms with van der Waals surface area (Å²) in [5.74, 6) is 0.236. The van der Waals surface area contributed by atoms with Crippen molar-refractivity contribution in [3.05, 3.63) is 0 Å². The molecule has 0 fully saturated rings. The van der Waals surface area contributed by atoms with Gasteiger partial charge in [-0.05, 0) is 27.7 Å². The van der Waals surface area contributed by atoms with Gasteiger partial charge in [0.2, 0.25) is 11.9 Å². The molecule has 0 bridgehead atoms. The van der Waals surface area contributed by atoms with E-state index in [-0.39, 0.29) is 24.0 Å². The van der Waals surface area contributed by atoms with Gasteiger partial charge < -0.3 is 20.1 Å². The SMILES string of the molecule is CCOC(=O)C(C)Nc1nc(NC)nc(OC(C)C)n1. The Labute approximate surface area is 118 Å². The van der Waals surface area contributed by atoms with Gasteiger partial charge in [0.1, 0.15) is 6.04 Å². The lowest BCUT2D eigenvalue weighted by Crippen LogP contribution is -2.29. The topological polar surface area (TPSA) is 98.3 Å². The third-order valence-electron chi connectivity index (χ3n) is 2.17. The molecule has 0 radical (unpaired) electrons. The number of hydrogen-bond acceptors (Lipinski definition) is 8. The van der Waals surface area contributed by atoms with E-state index in [1.165, 1.54) is 0 Å². The molecule has 1 unspecified atom stereocenters. The van der Waals surface area contributed by atoms with Crippen LogP contribution in [0.15, 0.2) is 0 Å². The van der Waals surface area contributed by atoms with Crippen molar-refractivity contribution in [2.75, 3.05) is 24.3 Å². The molecule has 2 N–H and O–H groups in total. The summed E-state index contributed by atoms with van der Waals surface area (Å²) in [6.07, 6.45) is -0.0579. The average molecular weight is 283 g/mol. The number of hydrogen-bond donors (Lipinski definition) is 2. The van der Waals surface area contributed by atoms with Crippen molar-refractivity contribution in [1.29, 1.82) is 0 Å². The number of carbonyl (C=O) groups is 1. The lowest BCUT2D eigenvalue weighted by Gasteiger charge is -2.14. The van der Waals surface area contributed by atoms with Gasteiger partial charge in [-0.15, -0.1) is 0 Å². The van der Waals surface area contributed by atoms with E-state index in [9.17, 15) is 4.79 Å². The van der Waals surface area contributed by atoms with Crippen molar-refractivity contribution in [2.45, 2.75) is 39.8 Å². The maximum absolute atomic E-state index is 11.6. The van der Waals surface area contributed by atoms with Gasteiger partial charge in [-0.1, -0.05) is 0 Å². The van der Waals surface area contributed by atoms with Crippen LogP contribution in [0.4, 0.5) is 11.9 Å². The fraction of sp³-hybridized carbons (Fsp3) is 0.667. The minimum atomic E-state index is -0.561. The monoisotopic (exact) mass is 283 g/mol. The Balaban J connectivity index is 2.85. The summed E-state index contributed by atoms with van der Waals surface area (Å²) in [7, 11) is 1.69. The Morgan fingerprint density at radius 3 is 2.40 bits per heavy atom. The largest absolute Gasteiger partial charge is 0.464 e. The number of carbonyl (C=O) groups excluding carboxylic acids is 1. The van der Waals surface area contributed by atoms with Crippen LogP contribution in [0.1, 0.15) is 27.7 Å². The molecule has 0 aliphatic carbocycles. The molecule has 0 aliphatic rings. The molecule has 1 aromatic rings. The second kappa shape index (κ2) is 7.46. The lowest BCUT2D eigenvalue weighted by molar-refractivity contribution is -0.143. The second-order valence-corrected chi connectivity index (χ2v) is 4.30. The molecule has 0 amide bonds. The van der Waals surface area contributed by atoms with Gasteiger partial charge in [0.25, 0.3) is 0 Å². The molecule has 1 aromatic heterocycles. The maximum Gasteiger partial charge on any atom is 0.328 e. The van der Waals surface area contributed by atoms with Crippen LogP contribution in [0, 0.1) is 0 Å². The van der Waals surface area contributed by atoms with Gasteiger partial charge in [-0.2, -0.15) is 15.0 Å². The van der Waals surface area contributed by atoms with Crippen LogP contribution in [0.25, 0.3) is 0 Å². The first kappa shape index (κ1) is 15.9. The number of nitrogens with zero attached hydrogens (tertiary/aromatic N) is 3. The van der Waals surface area contributed by atoms with E-state index in [1.54, 1.807) is 20.9 Å². The first-order chi connectivity index (χ1) is 9.46. The molecule has 20 heavy (non-hydrogen) atoms. The normalized spacial score (nSPS) is 11.9. The Morgan fingerprint density at radius 1 is 1.20 bits per heavy atom. The van der Waals surface area contributed by atoms with Crippen molar-refractivity contribution in [2.24, 2.45) is 0 Å². The van der Waals surface area contributed by atoms with Crippen LogP contribution in [0.2, 0.25) is 0 Å². The number of nitrogens with one attached hydrogen (secondary N) is 2. The molecule has 0 aromatic carbocycles. The van der Waals surface area contributed by atoms with Crippen LogP contribution in [0.3, 0.4) is 0 Å². The van der Waals surface area contributed by atoms with E-state index in [1.807, 2.05) is 13.8 Å². The fourth-order valence-electron chi connectivity index (χ4n) is 1.32. The predicted molar refractivity (Wildman–Crippen MR) is 74.9 cm³/mol. The zero-order valence-corrected chi connectivity index (χ0v) is 12.4. The Morgan fingerprint density at radius 2 is 1.85 bits per heavy atom. The molecular formula is C12H21N5O3. The van der Waals surface area contributed by atoms with E-state index in [0.29, 0.717) is 12.6 Å². The van der Waals surface area contributed by atoms with Gasteiger partial charge >= 0.3 is 12.0 Å². The molecule has 0 aliphatic heterocycles. The molecule has 0 spiro atoms. The highest BCUT2D eigenvalue weighted by atomic mass is 16.5. The molecule has 0 saturated carbocycles. The van der Waals surface area contributed by atoms with Gasteiger partial charge in [0.05, 0.1) is 12.7 Å². The van der Waals surface area contributed by atoms with Gasteiger partial charge in [-0.3, -0.25) is 0 Å². The van der Waals surface area contributed by atoms with E-state index >= 15 is 0 Å². The minimum Gasteiger partial charge on any atom is -0.464 e. The van der Waals surface area contributed by atoms with E-state index in [2.05, 4.69) is 25.6 Å². The van der Waals surface area contributed by atoms with Gasteiger partial charge in [-0.25, -0.2) is 4.79 Å². The maximum atomic E-state index is 11.6. The summed E-state index contributed by atoms with van der Waals surface area (Å²) < 4.78 is 10.3. The van der Waals surface area contributed by atoms with E-state index in [0.717, 1.165) is 0 Å². The van der Waals surface area contributed by atoms with Crippen LogP contribution < -0.4 is 15.4 Å². The molecule has 8 nitrogen and oxygen atoms in total. The molecule has 1 rings (SSSR count). The first-order valence-electron chi connectivity index (χ1n) is 6.49. The number of ether oxygens (including phenoxy) is 2. The molecule has 8 heteroatoms. The molecule has 1 atom stereocenters. The fourth-order valence-corrected chi connectivity index (χ4v) is 1.32. The number of rotatable bonds is 7. The summed E-state index contributed by atoms with van der Waals surface area (Å²) in [6.45, 7) is 7.49. The Kier molecular flexibility index (Phi) is 5.95. The Hall–Kier alpha value is -2.12. The summed E-state index contributed by atoms with van der Waals surface area (Å²) in [4.78, 5) is 23.8. The first-order valence-corrected chi connectivity index (χ1v) is 6.49. The number of aromatic nitrogens is 3. The Bertz CT molecular complexity index is 453. The summed E-state index contributed by atoms with van der Waals surface area (Å²) in [6, 6.07) is -0.369. The highest BCUT2D eigenvalue weighted by molar-refractivity contribution is 5.78. The average Bonchev–Trinajstić information content (AvgIpc) is 2.37. The molecule has 112 valence electrons. The van der Waals surface area contributed by atoms with Crippen molar-refractivity contribution in [1.82, 2.24) is 15.0 Å². The van der Waals surface area contributed by atoms with E-state index < -0.39 is 6.04 Å². The van der Waals surface area contributed by atoms with Crippen LogP contribution in [0.5, 0.6) is 6.01 Å². The van der Waals surface area contributed by atoms with Gasteiger partial charge in [0, 0.05) is 7.05 Å². The minimum absolute atomic E-state index is 0.0579. The quantitative estimate of drug-likeness (QED) is 0.717. The molecule has 1 heterocycles. The third kappa shape index (κ3) is 4.87. The summed E-state index contributed by atoms with van der Waals surface area (Å²) >= 11 is 0. The van der Waals surface area contributed by atoms with E-state index in [4.69, 9.17) is 9.47 Å². The highest BCUT2D eigenvalue weighted by Crippen LogP contribution is 2.13. The zero-order chi connectivity index (χ0) is 15.1. The zero-order valence-electron chi connectivity index (χ0n) is 12.4. The standard InChI is InChI=1S/C12H21N5O3/c1-6-19-9(18)8(4)14-11-15-10(13-5)16-12(17-11)20-7(2)3/h7-8H,6H2,1-5H3,(H2,13,14,15,16,17). The van der Waals surface area contributed by atoms with Crippen molar-refractivity contribution in [3.63, 3.8) is 0 Å². The van der Waals surface area contributed by atoms with Gasteiger partial charge in [0.15, 0.2) is 0 Å². The van der Waals surface area contributed by atoms with Crippen molar-refractivity contribution >= 4 is 17.9 Å². The molecule has 0 saturated heterocycles. The second-order valence-electron chi connectivity index (χ2n) is 4.30. The summed E-state index contributed by atoms with van der Waals surface area (Å²) in [5.41, 5.74) is 0. The van der Waals surface area contributed by atoms with Crippen molar-refractivity contribution in [3.8, 4) is 6.01 Å². The predicted octanol–water partition coefficient (Wildman–Crippen LogP) is 1.06. The molecular weight excluding hydrogens is 262 g/mol. The summed E-state index contributed by atoms with van der Waals surface area (Å²) in [5, 5.41) is 5.67. The number of anilines is 2. The smallest absolute Gasteiger partial charge is 0.328 e. The van der Waals surface area contributed by atoms with Crippen LogP contribution in [-0.2, 0) is 9.53 Å². The number of esters is 1. The third-order valence-corrected chi connectivity index (χ3v) is 2.17. The van der Waals surface area contributed by atoms with Crippen LogP contribution >= 0.6 is 0 Å². The lowest BCUT2D eigenvalue weighted by atomic mass is 10.3.